The van der Waals surface area contributed by atoms with Crippen molar-refractivity contribution in [1.29, 1.82) is 0 Å². The minimum atomic E-state index is 0.410. The molecule has 0 spiro atoms. The SMILES string of the molecule is Cc1ccc(/C=C/c2nc3ncnc(N)c3[nH]2)cc1. The summed E-state index contributed by atoms with van der Waals surface area (Å²) in [6, 6.07) is 8.26. The molecule has 0 fully saturated rings. The van der Waals surface area contributed by atoms with Gasteiger partial charge in [0, 0.05) is 0 Å². The molecule has 19 heavy (non-hydrogen) atoms. The van der Waals surface area contributed by atoms with Crippen LogP contribution in [0.3, 0.4) is 0 Å². The van der Waals surface area contributed by atoms with Gasteiger partial charge in [0.1, 0.15) is 17.7 Å². The standard InChI is InChI=1S/C14H13N5/c1-9-2-4-10(5-3-9)6-7-11-18-12-13(15)16-8-17-14(12)19-11/h2-8H,1H3,(H3,15,16,17,18,19)/b7-6+. The third-order valence-corrected chi connectivity index (χ3v) is 2.85. The molecule has 0 amide bonds. The third kappa shape index (κ3) is 2.30. The van der Waals surface area contributed by atoms with Gasteiger partial charge < -0.3 is 10.7 Å². The summed E-state index contributed by atoms with van der Waals surface area (Å²) in [5.74, 6) is 1.12. The van der Waals surface area contributed by atoms with Crippen molar-refractivity contribution in [2.45, 2.75) is 6.92 Å². The average molecular weight is 251 g/mol. The third-order valence-electron chi connectivity index (χ3n) is 2.85. The summed E-state index contributed by atoms with van der Waals surface area (Å²) in [5.41, 5.74) is 9.35. The van der Waals surface area contributed by atoms with E-state index >= 15 is 0 Å². The fraction of sp³-hybridized carbons (Fsp3) is 0.0714. The van der Waals surface area contributed by atoms with Gasteiger partial charge in [0.05, 0.1) is 0 Å². The van der Waals surface area contributed by atoms with Crippen molar-refractivity contribution >= 4 is 29.1 Å². The molecule has 2 heterocycles. The summed E-state index contributed by atoms with van der Waals surface area (Å²) in [6.07, 6.45) is 5.29. The van der Waals surface area contributed by atoms with Crippen LogP contribution in [0.4, 0.5) is 5.82 Å². The summed E-state index contributed by atoms with van der Waals surface area (Å²) in [6.45, 7) is 2.06. The number of rotatable bonds is 2. The van der Waals surface area contributed by atoms with E-state index in [1.54, 1.807) is 0 Å². The van der Waals surface area contributed by atoms with Crippen LogP contribution >= 0.6 is 0 Å². The highest BCUT2D eigenvalue weighted by Gasteiger charge is 2.04. The minimum Gasteiger partial charge on any atom is -0.382 e. The van der Waals surface area contributed by atoms with Crippen molar-refractivity contribution in [3.8, 4) is 0 Å². The molecule has 3 aromatic rings. The predicted molar refractivity (Wildman–Crippen MR) is 76.2 cm³/mol. The highest BCUT2D eigenvalue weighted by molar-refractivity contribution is 5.83. The van der Waals surface area contributed by atoms with E-state index in [2.05, 4.69) is 51.1 Å². The molecule has 0 aliphatic heterocycles. The molecule has 1 aromatic carbocycles. The van der Waals surface area contributed by atoms with Crippen molar-refractivity contribution < 1.29 is 0 Å². The van der Waals surface area contributed by atoms with Crippen molar-refractivity contribution in [2.24, 2.45) is 0 Å². The number of nitrogens with one attached hydrogen (secondary N) is 1. The van der Waals surface area contributed by atoms with Crippen LogP contribution in [0.5, 0.6) is 0 Å². The lowest BCUT2D eigenvalue weighted by molar-refractivity contribution is 1.20. The number of aromatic nitrogens is 4. The summed E-state index contributed by atoms with van der Waals surface area (Å²) in [4.78, 5) is 15.4. The first-order valence-corrected chi connectivity index (χ1v) is 5.93. The number of hydrogen-bond donors (Lipinski definition) is 2. The first kappa shape index (κ1) is 11.4. The fourth-order valence-electron chi connectivity index (χ4n) is 1.80. The molecule has 0 unspecified atom stereocenters. The van der Waals surface area contributed by atoms with Crippen LogP contribution in [-0.4, -0.2) is 19.9 Å². The number of hydrogen-bond acceptors (Lipinski definition) is 4. The van der Waals surface area contributed by atoms with E-state index in [4.69, 9.17) is 5.73 Å². The number of imidazole rings is 1. The van der Waals surface area contributed by atoms with Crippen molar-refractivity contribution in [2.75, 3.05) is 5.73 Å². The second kappa shape index (κ2) is 4.53. The van der Waals surface area contributed by atoms with E-state index in [9.17, 15) is 0 Å². The Morgan fingerprint density at radius 2 is 1.89 bits per heavy atom. The predicted octanol–water partition coefficient (Wildman–Crippen LogP) is 2.41. The van der Waals surface area contributed by atoms with E-state index in [1.165, 1.54) is 11.9 Å². The Morgan fingerprint density at radius 1 is 1.11 bits per heavy atom. The first-order valence-electron chi connectivity index (χ1n) is 5.93. The lowest BCUT2D eigenvalue weighted by Crippen LogP contribution is -1.91. The van der Waals surface area contributed by atoms with Crippen LogP contribution in [0.1, 0.15) is 17.0 Å². The van der Waals surface area contributed by atoms with E-state index in [-0.39, 0.29) is 0 Å². The zero-order chi connectivity index (χ0) is 13.2. The van der Waals surface area contributed by atoms with Crippen LogP contribution in [0, 0.1) is 6.92 Å². The number of nitrogen functional groups attached to an aromatic ring is 1. The van der Waals surface area contributed by atoms with Crippen molar-refractivity contribution in [3.63, 3.8) is 0 Å². The maximum absolute atomic E-state index is 5.75. The minimum absolute atomic E-state index is 0.410. The summed E-state index contributed by atoms with van der Waals surface area (Å²) in [5, 5.41) is 0. The topological polar surface area (TPSA) is 80.5 Å². The van der Waals surface area contributed by atoms with Gasteiger partial charge in [-0.1, -0.05) is 35.9 Å². The Bertz CT molecular complexity index is 740. The van der Waals surface area contributed by atoms with Gasteiger partial charge in [0.25, 0.3) is 0 Å². The van der Waals surface area contributed by atoms with Crippen molar-refractivity contribution in [3.05, 3.63) is 47.5 Å². The smallest absolute Gasteiger partial charge is 0.183 e. The van der Waals surface area contributed by atoms with Gasteiger partial charge >= 0.3 is 0 Å². The lowest BCUT2D eigenvalue weighted by Gasteiger charge is -1.93. The molecule has 0 bridgehead atoms. The number of H-pyrrole nitrogens is 1. The molecule has 0 aliphatic rings. The molecular formula is C14H13N5. The molecule has 0 saturated heterocycles. The zero-order valence-electron chi connectivity index (χ0n) is 10.5. The van der Waals surface area contributed by atoms with E-state index in [1.807, 2.05) is 12.2 Å². The van der Waals surface area contributed by atoms with Gasteiger partial charge in [-0.15, -0.1) is 0 Å². The average Bonchev–Trinajstić information content (AvgIpc) is 2.83. The second-order valence-corrected chi connectivity index (χ2v) is 4.32. The molecule has 0 saturated carbocycles. The van der Waals surface area contributed by atoms with E-state index < -0.39 is 0 Å². The summed E-state index contributed by atoms with van der Waals surface area (Å²) >= 11 is 0. The van der Waals surface area contributed by atoms with Crippen LogP contribution in [0.25, 0.3) is 23.3 Å². The second-order valence-electron chi connectivity index (χ2n) is 4.32. The highest BCUT2D eigenvalue weighted by Crippen LogP contribution is 2.15. The number of aromatic amines is 1. The molecule has 94 valence electrons. The highest BCUT2D eigenvalue weighted by atomic mass is 15.0. The van der Waals surface area contributed by atoms with Gasteiger partial charge in [-0.2, -0.15) is 0 Å². The Labute approximate surface area is 110 Å². The number of aryl methyl sites for hydroxylation is 1. The molecule has 2 aromatic heterocycles. The Kier molecular flexibility index (Phi) is 2.72. The van der Waals surface area contributed by atoms with Crippen LogP contribution in [0.2, 0.25) is 0 Å². The largest absolute Gasteiger partial charge is 0.382 e. The molecule has 0 aliphatic carbocycles. The first-order chi connectivity index (χ1) is 9.22. The summed E-state index contributed by atoms with van der Waals surface area (Å²) < 4.78 is 0. The van der Waals surface area contributed by atoms with Crippen molar-refractivity contribution in [1.82, 2.24) is 19.9 Å². The van der Waals surface area contributed by atoms with Gasteiger partial charge in [0.15, 0.2) is 11.5 Å². The normalized spacial score (nSPS) is 11.4. The van der Waals surface area contributed by atoms with Gasteiger partial charge in [-0.3, -0.25) is 0 Å². The molecule has 0 atom stereocenters. The summed E-state index contributed by atoms with van der Waals surface area (Å²) in [7, 11) is 0. The number of fused-ring (bicyclic) bond motifs is 1. The zero-order valence-corrected chi connectivity index (χ0v) is 10.5. The maximum atomic E-state index is 5.75. The van der Waals surface area contributed by atoms with E-state index in [0.29, 0.717) is 22.8 Å². The number of benzene rings is 1. The van der Waals surface area contributed by atoms with Crippen LogP contribution in [0.15, 0.2) is 30.6 Å². The monoisotopic (exact) mass is 251 g/mol. The van der Waals surface area contributed by atoms with Gasteiger partial charge in [-0.05, 0) is 18.6 Å². The molecule has 5 heteroatoms. The number of nitrogens with zero attached hydrogens (tertiary/aromatic N) is 3. The van der Waals surface area contributed by atoms with Gasteiger partial charge in [0.2, 0.25) is 0 Å². The number of nitrogens with two attached hydrogens (primary N) is 1. The number of anilines is 1. The van der Waals surface area contributed by atoms with E-state index in [0.717, 1.165) is 5.56 Å². The Morgan fingerprint density at radius 3 is 2.63 bits per heavy atom. The molecule has 0 radical (unpaired) electrons. The Hall–Kier alpha value is -2.69. The molecule has 5 nitrogen and oxygen atoms in total. The Balaban J connectivity index is 1.93. The molecule has 3 rings (SSSR count). The lowest BCUT2D eigenvalue weighted by atomic mass is 10.1. The van der Waals surface area contributed by atoms with Crippen LogP contribution < -0.4 is 5.73 Å². The van der Waals surface area contributed by atoms with Gasteiger partial charge in [-0.25, -0.2) is 15.0 Å². The fourth-order valence-corrected chi connectivity index (χ4v) is 1.80. The molecule has 3 N–H and O–H groups in total. The van der Waals surface area contributed by atoms with Crippen LogP contribution in [-0.2, 0) is 0 Å². The quantitative estimate of drug-likeness (QED) is 0.733. The maximum Gasteiger partial charge on any atom is 0.183 e. The molecular weight excluding hydrogens is 238 g/mol.